The highest BCUT2D eigenvalue weighted by Gasteiger charge is 1.99. The van der Waals surface area contributed by atoms with Gasteiger partial charge in [-0.1, -0.05) is 103 Å². The van der Waals surface area contributed by atoms with Crippen LogP contribution < -0.4 is 0 Å². The maximum Gasteiger partial charge on any atom is -0.0326 e. The molecule has 0 rings (SSSR count). The lowest BCUT2D eigenvalue weighted by Crippen LogP contribution is -1.93. The Labute approximate surface area is 156 Å². The zero-order chi connectivity index (χ0) is 19.2. The Morgan fingerprint density at radius 2 is 1.08 bits per heavy atom. The molecule has 0 heteroatoms. The van der Waals surface area contributed by atoms with Crippen LogP contribution in [0.5, 0.6) is 0 Å². The van der Waals surface area contributed by atoms with E-state index in [1.165, 1.54) is 88.2 Å². The summed E-state index contributed by atoms with van der Waals surface area (Å²) in [5.41, 5.74) is 2.49. The number of hydrogen-bond donors (Lipinski definition) is 0. The van der Waals surface area contributed by atoms with Crippen molar-refractivity contribution in [2.45, 2.75) is 126 Å². The second kappa shape index (κ2) is 24.7. The quantitative estimate of drug-likeness (QED) is 0.245. The minimum Gasteiger partial charge on any atom is -0.100 e. The monoisotopic (exact) mass is 338 g/mol. The number of allylic oxidation sites excluding steroid dienone is 2. The van der Waals surface area contributed by atoms with Gasteiger partial charge < -0.3 is 0 Å². The molecule has 0 aliphatic heterocycles. The zero-order valence-electron chi connectivity index (χ0n) is 18.5. The van der Waals surface area contributed by atoms with Gasteiger partial charge in [0.2, 0.25) is 0 Å². The summed E-state index contributed by atoms with van der Waals surface area (Å²) in [6.45, 7) is 22.6. The molecule has 0 N–H and O–H groups in total. The maximum atomic E-state index is 3.85. The fourth-order valence-electron chi connectivity index (χ4n) is 2.29. The second-order valence-electron chi connectivity index (χ2n) is 7.72. The molecule has 0 aromatic heterocycles. The van der Waals surface area contributed by atoms with Crippen molar-refractivity contribution in [2.75, 3.05) is 0 Å². The molecule has 1 unspecified atom stereocenters. The van der Waals surface area contributed by atoms with Gasteiger partial charge in [-0.05, 0) is 39.5 Å². The summed E-state index contributed by atoms with van der Waals surface area (Å²) in [7, 11) is 0. The van der Waals surface area contributed by atoms with E-state index in [0.29, 0.717) is 0 Å². The van der Waals surface area contributed by atoms with Crippen LogP contribution in [0.15, 0.2) is 24.3 Å². The highest BCUT2D eigenvalue weighted by Crippen LogP contribution is 2.15. The van der Waals surface area contributed by atoms with Crippen molar-refractivity contribution in [3.63, 3.8) is 0 Å². The first-order valence-electron chi connectivity index (χ1n) is 10.6. The summed E-state index contributed by atoms with van der Waals surface area (Å²) in [4.78, 5) is 0. The Morgan fingerprint density at radius 3 is 1.50 bits per heavy atom. The minimum absolute atomic E-state index is 0.974. The van der Waals surface area contributed by atoms with E-state index in [4.69, 9.17) is 0 Å². The maximum absolute atomic E-state index is 3.85. The van der Waals surface area contributed by atoms with Gasteiger partial charge in [-0.25, -0.2) is 0 Å². The van der Waals surface area contributed by atoms with Gasteiger partial charge in [0.15, 0.2) is 0 Å². The summed E-state index contributed by atoms with van der Waals surface area (Å²) >= 11 is 0. The van der Waals surface area contributed by atoms with Crippen LogP contribution in [0.3, 0.4) is 0 Å². The molecular weight excluding hydrogens is 288 g/mol. The molecule has 0 saturated heterocycles. The lowest BCUT2D eigenvalue weighted by molar-refractivity contribution is 0.448. The molecule has 0 aliphatic rings. The average Bonchev–Trinajstić information content (AvgIpc) is 2.50. The average molecular weight is 339 g/mol. The third-order valence-corrected chi connectivity index (χ3v) is 3.81. The molecular formula is C24H50. The van der Waals surface area contributed by atoms with Gasteiger partial charge in [0, 0.05) is 0 Å². The van der Waals surface area contributed by atoms with Crippen LogP contribution >= 0.6 is 0 Å². The van der Waals surface area contributed by atoms with Crippen molar-refractivity contribution >= 4 is 0 Å². The molecule has 0 aromatic carbocycles. The molecule has 0 saturated carbocycles. The first kappa shape index (κ1) is 28.3. The fraction of sp³-hybridized carbons (Fsp3) is 0.833. The Morgan fingerprint density at radius 1 is 0.667 bits per heavy atom. The Bertz CT molecular complexity index is 245. The first-order valence-corrected chi connectivity index (χ1v) is 10.6. The van der Waals surface area contributed by atoms with Gasteiger partial charge in [0.1, 0.15) is 0 Å². The number of rotatable bonds is 12. The van der Waals surface area contributed by atoms with Gasteiger partial charge in [0.05, 0.1) is 0 Å². The molecule has 24 heavy (non-hydrogen) atoms. The van der Waals surface area contributed by atoms with E-state index >= 15 is 0 Å². The molecule has 0 spiro atoms. The highest BCUT2D eigenvalue weighted by molar-refractivity contribution is 4.86. The van der Waals surface area contributed by atoms with Crippen molar-refractivity contribution in [1.82, 2.24) is 0 Å². The van der Waals surface area contributed by atoms with Gasteiger partial charge in [-0.2, -0.15) is 0 Å². The summed E-state index contributed by atoms with van der Waals surface area (Å²) in [5.74, 6) is 0.974. The molecule has 1 atom stereocenters. The van der Waals surface area contributed by atoms with Gasteiger partial charge in [-0.3, -0.25) is 0 Å². The largest absolute Gasteiger partial charge is 0.100 e. The summed E-state index contributed by atoms with van der Waals surface area (Å²) < 4.78 is 0. The van der Waals surface area contributed by atoms with Crippen LogP contribution in [0.4, 0.5) is 0 Å². The van der Waals surface area contributed by atoms with Crippen LogP contribution in [0.1, 0.15) is 126 Å². The summed E-state index contributed by atoms with van der Waals surface area (Å²) in [6.07, 6.45) is 16.6. The van der Waals surface area contributed by atoms with Crippen LogP contribution in [-0.2, 0) is 0 Å². The lowest BCUT2D eigenvalue weighted by atomic mass is 9.98. The van der Waals surface area contributed by atoms with Crippen molar-refractivity contribution in [3.8, 4) is 0 Å². The van der Waals surface area contributed by atoms with E-state index in [0.717, 1.165) is 5.92 Å². The Kier molecular flexibility index (Phi) is 29.1. The van der Waals surface area contributed by atoms with E-state index in [-0.39, 0.29) is 0 Å². The molecule has 0 nitrogen and oxygen atoms in total. The van der Waals surface area contributed by atoms with E-state index in [2.05, 4.69) is 47.8 Å². The van der Waals surface area contributed by atoms with E-state index in [1.807, 2.05) is 13.8 Å². The molecule has 0 bridgehead atoms. The molecule has 0 amide bonds. The minimum atomic E-state index is 0.974. The number of unbranched alkanes of at least 4 members (excludes halogenated alkanes) is 6. The molecule has 0 aromatic rings. The fourth-order valence-corrected chi connectivity index (χ4v) is 2.29. The Hall–Kier alpha value is -0.520. The van der Waals surface area contributed by atoms with Crippen molar-refractivity contribution in [2.24, 2.45) is 5.92 Å². The van der Waals surface area contributed by atoms with E-state index in [1.54, 1.807) is 0 Å². The highest BCUT2D eigenvalue weighted by atomic mass is 14.1. The predicted molar refractivity (Wildman–Crippen MR) is 117 cm³/mol. The van der Waals surface area contributed by atoms with Gasteiger partial charge >= 0.3 is 0 Å². The second-order valence-corrected chi connectivity index (χ2v) is 7.72. The Balaban J connectivity index is -0.000000305. The van der Waals surface area contributed by atoms with E-state index < -0.39 is 0 Å². The zero-order valence-corrected chi connectivity index (χ0v) is 18.5. The molecule has 0 radical (unpaired) electrons. The first-order chi connectivity index (χ1) is 11.3. The van der Waals surface area contributed by atoms with Crippen molar-refractivity contribution in [3.05, 3.63) is 24.3 Å². The van der Waals surface area contributed by atoms with Crippen LogP contribution in [0.2, 0.25) is 0 Å². The molecule has 0 heterocycles. The van der Waals surface area contributed by atoms with Gasteiger partial charge in [0.25, 0.3) is 0 Å². The topological polar surface area (TPSA) is 0 Å². The van der Waals surface area contributed by atoms with Crippen molar-refractivity contribution in [1.29, 1.82) is 0 Å². The number of hydrogen-bond acceptors (Lipinski definition) is 0. The van der Waals surface area contributed by atoms with Crippen molar-refractivity contribution < 1.29 is 0 Å². The molecule has 0 fully saturated rings. The third kappa shape index (κ3) is 43.0. The van der Waals surface area contributed by atoms with Crippen LogP contribution in [0.25, 0.3) is 0 Å². The van der Waals surface area contributed by atoms with Crippen LogP contribution in [0, 0.1) is 5.92 Å². The van der Waals surface area contributed by atoms with Crippen LogP contribution in [-0.4, -0.2) is 0 Å². The molecule has 146 valence electrons. The van der Waals surface area contributed by atoms with E-state index in [9.17, 15) is 0 Å². The normalized spacial score (nSPS) is 10.8. The lowest BCUT2D eigenvalue weighted by Gasteiger charge is -2.09. The predicted octanol–water partition coefficient (Wildman–Crippen LogP) is 9.51. The smallest absolute Gasteiger partial charge is 0.0326 e. The standard InChI is InChI=1S/C11H24.C9H18.C4H8/c1-4-6-8-10-11(3)9-7-5-2;1-4-5-6-7-8-9(2)3;1-4(2)3/h11H,4-10H2,1-3H3;2,4-8H2,1,3H3;1H2,2-3H3. The summed E-state index contributed by atoms with van der Waals surface area (Å²) in [5, 5.41) is 0. The SMILES string of the molecule is C=C(C)C.C=C(C)CCCCCC.CCCCCC(C)CCCC. The summed E-state index contributed by atoms with van der Waals surface area (Å²) in [6, 6.07) is 0. The van der Waals surface area contributed by atoms with Gasteiger partial charge in [-0.15, -0.1) is 13.2 Å². The molecule has 0 aliphatic carbocycles. The third-order valence-electron chi connectivity index (χ3n) is 3.81.